The maximum absolute atomic E-state index is 17.8. The van der Waals surface area contributed by atoms with Gasteiger partial charge in [0.15, 0.2) is 34.9 Å². The Bertz CT molecular complexity index is 5020. The van der Waals surface area contributed by atoms with Crippen LogP contribution in [0.2, 0.25) is 0 Å². The Morgan fingerprint density at radius 3 is 1.01 bits per heavy atom. The Hall–Kier alpha value is -10.4. The highest BCUT2D eigenvalue weighted by Gasteiger charge is 2.62. The third kappa shape index (κ3) is 8.18. The zero-order valence-electron chi connectivity index (χ0n) is 47.9. The van der Waals surface area contributed by atoms with Crippen molar-refractivity contribution in [1.29, 1.82) is 0 Å². The van der Waals surface area contributed by atoms with Crippen molar-refractivity contribution >= 4 is 43.1 Å². The van der Waals surface area contributed by atoms with Crippen molar-refractivity contribution in [3.63, 3.8) is 0 Å². The highest BCUT2D eigenvalue weighted by atomic mass is 19.1. The molecule has 0 atom stereocenters. The molecule has 4 bridgehead atoms. The van der Waals surface area contributed by atoms with Gasteiger partial charge in [-0.15, -0.1) is 0 Å². The first-order chi connectivity index (χ1) is 43.3. The predicted octanol–water partition coefficient (Wildman–Crippen LogP) is 20.0. The maximum Gasteiger partial charge on any atom is 0.164 e. The number of fused-ring (bicyclic) bond motifs is 7. The van der Waals surface area contributed by atoms with Crippen molar-refractivity contribution < 1.29 is 8.78 Å². The molecule has 418 valence electrons. The van der Waals surface area contributed by atoms with Gasteiger partial charge in [0.25, 0.3) is 0 Å². The van der Waals surface area contributed by atoms with Crippen LogP contribution in [-0.2, 0) is 5.41 Å². The Morgan fingerprint density at radius 2 is 0.614 bits per heavy atom. The summed E-state index contributed by atoms with van der Waals surface area (Å²) in [6, 6.07) is 81.7. The van der Waals surface area contributed by atoms with Gasteiger partial charge in [-0.2, -0.15) is 0 Å². The SMILES string of the molecule is Fc1cc(-c2nc(-c3ccc4ccccc4c3)nc(-c3ccc4ccccc4c3)n2)ccc1-c1ccc2c(c1)-c1c(-c3ccc(-c4nc(-c5ccc6ccccc6c5)nc(-c5ccc6ccccc6c5)n4)cc3F)cccc1C21C2CC3CC(C2)CC1C3. The molecule has 4 fully saturated rings. The lowest BCUT2D eigenvalue weighted by Crippen LogP contribution is -2.55. The van der Waals surface area contributed by atoms with E-state index in [9.17, 15) is 0 Å². The smallest absolute Gasteiger partial charge is 0.164 e. The van der Waals surface area contributed by atoms with Gasteiger partial charge in [0, 0.05) is 49.9 Å². The molecule has 8 heteroatoms. The molecular formula is C80H54F2N6. The number of halogens is 2. The number of nitrogens with zero attached hydrogens (tertiary/aromatic N) is 6. The van der Waals surface area contributed by atoms with Crippen molar-refractivity contribution in [2.45, 2.75) is 37.5 Å². The predicted molar refractivity (Wildman–Crippen MR) is 350 cm³/mol. The monoisotopic (exact) mass is 1140 g/mol. The fourth-order valence-electron chi connectivity index (χ4n) is 16.2. The molecular weight excluding hydrogens is 1080 g/mol. The number of benzene rings is 12. The Morgan fingerprint density at radius 1 is 0.261 bits per heavy atom. The molecule has 5 aliphatic rings. The van der Waals surface area contributed by atoms with Gasteiger partial charge in [-0.25, -0.2) is 38.7 Å². The second-order valence-corrected chi connectivity index (χ2v) is 24.9. The lowest BCUT2D eigenvalue weighted by molar-refractivity contribution is -0.0399. The van der Waals surface area contributed by atoms with Crippen LogP contribution in [0, 0.1) is 35.3 Å². The molecule has 0 amide bonds. The molecule has 14 aromatic rings. The molecule has 2 heterocycles. The van der Waals surface area contributed by atoms with E-state index in [1.54, 1.807) is 12.1 Å². The van der Waals surface area contributed by atoms with E-state index in [2.05, 4.69) is 133 Å². The molecule has 0 saturated heterocycles. The van der Waals surface area contributed by atoms with E-state index >= 15 is 8.78 Å². The molecule has 5 aliphatic carbocycles. The van der Waals surface area contributed by atoms with Crippen molar-refractivity contribution in [3.8, 4) is 102 Å². The van der Waals surface area contributed by atoms with Crippen LogP contribution in [0.1, 0.15) is 43.2 Å². The van der Waals surface area contributed by atoms with E-state index in [-0.39, 0.29) is 17.0 Å². The quantitative estimate of drug-likeness (QED) is 0.151. The van der Waals surface area contributed by atoms with Gasteiger partial charge >= 0.3 is 0 Å². The van der Waals surface area contributed by atoms with Gasteiger partial charge in [0.2, 0.25) is 0 Å². The first-order valence-corrected chi connectivity index (χ1v) is 30.7. The van der Waals surface area contributed by atoms with Crippen molar-refractivity contribution in [2.75, 3.05) is 0 Å². The van der Waals surface area contributed by atoms with Crippen LogP contribution in [0.5, 0.6) is 0 Å². The number of rotatable bonds is 8. The van der Waals surface area contributed by atoms with Gasteiger partial charge < -0.3 is 0 Å². The molecule has 19 rings (SSSR count). The van der Waals surface area contributed by atoms with E-state index in [4.69, 9.17) is 29.9 Å². The highest BCUT2D eigenvalue weighted by Crippen LogP contribution is 2.70. The molecule has 1 spiro atoms. The summed E-state index contributed by atoms with van der Waals surface area (Å²) in [5, 5.41) is 8.75. The minimum absolute atomic E-state index is 0.223. The molecule has 0 radical (unpaired) electrons. The Balaban J connectivity index is 0.751. The molecule has 0 unspecified atom stereocenters. The van der Waals surface area contributed by atoms with Gasteiger partial charge in [0.1, 0.15) is 11.6 Å². The summed E-state index contributed by atoms with van der Waals surface area (Å²) in [4.78, 5) is 30.4. The third-order valence-electron chi connectivity index (χ3n) is 20.0. The van der Waals surface area contributed by atoms with Crippen LogP contribution >= 0.6 is 0 Å². The van der Waals surface area contributed by atoms with E-state index in [1.807, 2.05) is 97.1 Å². The minimum Gasteiger partial charge on any atom is -0.208 e. The summed E-state index contributed by atoms with van der Waals surface area (Å²) in [5.41, 5.74) is 11.4. The summed E-state index contributed by atoms with van der Waals surface area (Å²) in [6.45, 7) is 0. The summed E-state index contributed by atoms with van der Waals surface area (Å²) in [6.07, 6.45) is 6.07. The molecule has 0 N–H and O–H groups in total. The Labute approximate surface area is 507 Å². The fourth-order valence-corrected chi connectivity index (χ4v) is 16.2. The molecule has 12 aromatic carbocycles. The van der Waals surface area contributed by atoms with Crippen molar-refractivity contribution in [3.05, 3.63) is 265 Å². The first kappa shape index (κ1) is 50.8. The summed E-state index contributed by atoms with van der Waals surface area (Å²) in [7, 11) is 0. The molecule has 4 saturated carbocycles. The zero-order valence-corrected chi connectivity index (χ0v) is 47.9. The van der Waals surface area contributed by atoms with Gasteiger partial charge in [-0.05, 0) is 175 Å². The standard InChI is InChI=1S/C80H54F2N6/c81-71-44-61(78-85-74(57-24-20-48-10-1-5-14-52(48)39-57)83-75(86-78)58-25-21-49-11-2-6-15-53(49)40-58)28-31-65(71)56-30-33-69-68(43-56)73-67(18-9-19-70(73)80(69)63-35-46-34-47(37-63)38-64(80)36-46)66-32-29-62(45-72(66)82)79-87-76(59-26-22-50-12-3-7-16-54(50)41-59)84-77(88-79)60-27-23-51-13-4-8-17-55(51)42-60/h1-33,39-47,63-64H,34-38H2. The topological polar surface area (TPSA) is 77.3 Å². The van der Waals surface area contributed by atoms with Crippen LogP contribution in [0.15, 0.2) is 243 Å². The molecule has 2 aromatic heterocycles. The van der Waals surface area contributed by atoms with E-state index in [1.165, 1.54) is 43.2 Å². The van der Waals surface area contributed by atoms with Crippen LogP contribution in [-0.4, -0.2) is 29.9 Å². The average Bonchev–Trinajstić information content (AvgIpc) is 1.48. The second-order valence-electron chi connectivity index (χ2n) is 24.9. The first-order valence-electron chi connectivity index (χ1n) is 30.7. The van der Waals surface area contributed by atoms with E-state index in [0.29, 0.717) is 69.0 Å². The molecule has 0 aliphatic heterocycles. The number of aromatic nitrogens is 6. The van der Waals surface area contributed by atoms with Crippen LogP contribution in [0.25, 0.3) is 145 Å². The largest absolute Gasteiger partial charge is 0.208 e. The normalized spacial score (nSPS) is 18.8. The molecule has 88 heavy (non-hydrogen) atoms. The zero-order chi connectivity index (χ0) is 58.2. The minimum atomic E-state index is -0.388. The highest BCUT2D eigenvalue weighted by molar-refractivity contribution is 5.96. The van der Waals surface area contributed by atoms with Crippen LogP contribution in [0.3, 0.4) is 0 Å². The van der Waals surface area contributed by atoms with Gasteiger partial charge in [-0.1, -0.05) is 200 Å². The van der Waals surface area contributed by atoms with Crippen molar-refractivity contribution in [2.24, 2.45) is 23.7 Å². The number of hydrogen-bond acceptors (Lipinski definition) is 6. The van der Waals surface area contributed by atoms with Crippen LogP contribution < -0.4 is 0 Å². The second kappa shape index (κ2) is 19.8. The summed E-state index contributed by atoms with van der Waals surface area (Å²) >= 11 is 0. The maximum atomic E-state index is 17.8. The lowest BCUT2D eigenvalue weighted by Gasteiger charge is -2.61. The molecule has 6 nitrogen and oxygen atoms in total. The van der Waals surface area contributed by atoms with Crippen molar-refractivity contribution in [1.82, 2.24) is 29.9 Å². The Kier molecular flexibility index (Phi) is 11.4. The fraction of sp³-hybridized carbons (Fsp3) is 0.125. The van der Waals surface area contributed by atoms with E-state index < -0.39 is 0 Å². The summed E-state index contributed by atoms with van der Waals surface area (Å²) in [5.74, 6) is 4.41. The van der Waals surface area contributed by atoms with Gasteiger partial charge in [0.05, 0.1) is 0 Å². The van der Waals surface area contributed by atoms with Crippen LogP contribution in [0.4, 0.5) is 8.78 Å². The van der Waals surface area contributed by atoms with Gasteiger partial charge in [-0.3, -0.25) is 0 Å². The van der Waals surface area contributed by atoms with E-state index in [0.717, 1.165) is 99.4 Å². The average molecular weight is 1140 g/mol. The summed E-state index contributed by atoms with van der Waals surface area (Å²) < 4.78 is 35.2. The lowest BCUT2D eigenvalue weighted by atomic mass is 9.43. The number of hydrogen-bond donors (Lipinski definition) is 0. The third-order valence-corrected chi connectivity index (χ3v) is 20.0.